The zero-order chi connectivity index (χ0) is 53.0. The summed E-state index contributed by atoms with van der Waals surface area (Å²) < 4.78 is 20.8. The minimum absolute atomic E-state index is 0.00477. The van der Waals surface area contributed by atoms with Crippen molar-refractivity contribution >= 4 is 34.2 Å². The number of nitrogens with one attached hydrogen (secondary N) is 1. The Morgan fingerprint density at radius 2 is 1.63 bits per heavy atom. The van der Waals surface area contributed by atoms with Crippen LogP contribution >= 0.6 is 0 Å². The van der Waals surface area contributed by atoms with Crippen molar-refractivity contribution in [2.24, 2.45) is 22.9 Å². The number of allylic oxidation sites excluding steroid dienone is 1. The number of nitro benzene ring substituents is 1. The highest BCUT2D eigenvalue weighted by Crippen LogP contribution is 2.62. The number of benzene rings is 6. The maximum absolute atomic E-state index is 15.8. The van der Waals surface area contributed by atoms with Gasteiger partial charge < -0.3 is 39.5 Å². The lowest BCUT2D eigenvalue weighted by Gasteiger charge is -2.60. The van der Waals surface area contributed by atoms with Gasteiger partial charge in [-0.2, -0.15) is 5.26 Å². The molecule has 2 amide bonds. The van der Waals surface area contributed by atoms with Crippen LogP contribution < -0.4 is 14.8 Å². The number of rotatable bonds is 22. The summed E-state index contributed by atoms with van der Waals surface area (Å²) in [5, 5.41) is 51.3. The predicted molar refractivity (Wildman–Crippen MR) is 287 cm³/mol. The van der Waals surface area contributed by atoms with E-state index in [9.17, 15) is 30.4 Å². The average molecular weight is 1020 g/mol. The normalized spacial score (nSPS) is 20.7. The molecule has 6 aromatic rings. The average Bonchev–Trinajstić information content (AvgIpc) is 3.54. The molecule has 0 saturated heterocycles. The standard InChI is InChI=1S/C61H61N5O10/c1-2-33-73-61-56(65(59(69)45-25-21-41(37-62)22-26-45)39-47-18-12-17-44-15-6-7-19-50(44)47)36-54(64-74-40-43-23-27-48(28-24-43)66(71)72)52-34-46(16-8-10-31-67)51(20-9-11-32-68)57(58(52)61)53-35-49(29-30-55(53)76-61)75-60(70)63-38-42-13-4-3-5-14-42/h2-7,12-15,17-19,21-30,34-35,46,51,56-58,67-68H,1,8-11,16,20,31-33,36,38-40H2,(H,63,70)/t46-,51+,56-,57+,58+,61+/m0/s1. The Labute approximate surface area is 441 Å². The number of nitro groups is 1. The van der Waals surface area contributed by atoms with E-state index in [1.54, 1.807) is 59.5 Å². The lowest BCUT2D eigenvalue weighted by Crippen LogP contribution is -2.70. The number of aliphatic hydroxyl groups is 2. The highest BCUT2D eigenvalue weighted by atomic mass is 16.7. The molecule has 0 aromatic heterocycles. The number of unbranched alkanes of at least 4 members (excludes halogenated alkanes) is 2. The SMILES string of the molecule is C=CCO[C@@]12Oc3ccc(OC(=O)NCc4ccccc4)cc3[C@H]3[C@H](CCCCO)[C@@H](CCCCO)C=C(C(=NOCc4ccc([N+](=O)[O-])cc4)C[C@@H]1N(Cc1cccc4ccccc14)C(=O)c1ccc(C#N)cc1)[C@H]32. The number of hydrogen-bond donors (Lipinski definition) is 3. The quantitative estimate of drug-likeness (QED) is 0.0252. The van der Waals surface area contributed by atoms with Crippen LogP contribution in [0.2, 0.25) is 0 Å². The summed E-state index contributed by atoms with van der Waals surface area (Å²) in [6.07, 6.45) is 7.26. The van der Waals surface area contributed by atoms with Crippen molar-refractivity contribution in [3.05, 3.63) is 207 Å². The van der Waals surface area contributed by atoms with Crippen LogP contribution in [0.1, 0.15) is 89.0 Å². The summed E-state index contributed by atoms with van der Waals surface area (Å²) in [6.45, 7) is 4.46. The van der Waals surface area contributed by atoms with Crippen molar-refractivity contribution in [1.29, 1.82) is 5.26 Å². The van der Waals surface area contributed by atoms with E-state index in [4.69, 9.17) is 24.2 Å². The Bertz CT molecular complexity index is 3130. The molecule has 3 aliphatic rings. The fraction of sp³-hybridized carbons (Fsp3) is 0.311. The van der Waals surface area contributed by atoms with Crippen molar-refractivity contribution in [3.8, 4) is 17.6 Å². The number of aliphatic hydroxyl groups excluding tert-OH is 2. The number of nitriles is 1. The van der Waals surface area contributed by atoms with Crippen LogP contribution in [0.3, 0.4) is 0 Å². The second-order valence-corrected chi connectivity index (χ2v) is 19.5. The molecule has 15 heteroatoms. The van der Waals surface area contributed by atoms with Crippen LogP contribution in [0.5, 0.6) is 11.5 Å². The van der Waals surface area contributed by atoms with Crippen LogP contribution in [0.4, 0.5) is 10.5 Å². The molecule has 1 saturated carbocycles. The summed E-state index contributed by atoms with van der Waals surface area (Å²) >= 11 is 0. The summed E-state index contributed by atoms with van der Waals surface area (Å²) in [6, 6.07) is 42.7. The largest absolute Gasteiger partial charge is 0.459 e. The first-order valence-electron chi connectivity index (χ1n) is 25.9. The molecule has 0 unspecified atom stereocenters. The molecular formula is C61H61N5O10. The van der Waals surface area contributed by atoms with Gasteiger partial charge in [0.05, 0.1) is 34.8 Å². The van der Waals surface area contributed by atoms with E-state index in [1.807, 2.05) is 78.9 Å². The van der Waals surface area contributed by atoms with Gasteiger partial charge in [-0.05, 0) is 125 Å². The number of ether oxygens (including phenoxy) is 3. The molecule has 6 aromatic carbocycles. The molecule has 2 aliphatic carbocycles. The van der Waals surface area contributed by atoms with Gasteiger partial charge in [-0.3, -0.25) is 14.9 Å². The molecule has 6 atom stereocenters. The van der Waals surface area contributed by atoms with E-state index < -0.39 is 34.7 Å². The molecular weight excluding hydrogens is 963 g/mol. The molecule has 76 heavy (non-hydrogen) atoms. The molecule has 0 radical (unpaired) electrons. The number of oxime groups is 1. The van der Waals surface area contributed by atoms with Gasteiger partial charge in [0.2, 0.25) is 5.79 Å². The van der Waals surface area contributed by atoms with E-state index in [2.05, 4.69) is 24.0 Å². The van der Waals surface area contributed by atoms with Crippen molar-refractivity contribution in [1.82, 2.24) is 10.2 Å². The Hall–Kier alpha value is -8.16. The summed E-state index contributed by atoms with van der Waals surface area (Å²) in [7, 11) is 0. The number of carbonyl (C=O) groups is 2. The molecule has 390 valence electrons. The van der Waals surface area contributed by atoms with Gasteiger partial charge in [0.15, 0.2) is 0 Å². The Morgan fingerprint density at radius 3 is 2.37 bits per heavy atom. The summed E-state index contributed by atoms with van der Waals surface area (Å²) in [5.74, 6) is -2.58. The second kappa shape index (κ2) is 24.5. The monoisotopic (exact) mass is 1020 g/mol. The van der Waals surface area contributed by atoms with E-state index in [0.29, 0.717) is 66.7 Å². The van der Waals surface area contributed by atoms with E-state index in [0.717, 1.165) is 33.0 Å². The Kier molecular flexibility index (Phi) is 17.0. The van der Waals surface area contributed by atoms with Crippen molar-refractivity contribution in [3.63, 3.8) is 0 Å². The van der Waals surface area contributed by atoms with E-state index in [1.165, 1.54) is 12.1 Å². The van der Waals surface area contributed by atoms with Crippen molar-refractivity contribution in [2.75, 3.05) is 19.8 Å². The first-order valence-corrected chi connectivity index (χ1v) is 25.9. The number of hydrogen-bond acceptors (Lipinski definition) is 12. The molecule has 9 rings (SSSR count). The third-order valence-electron chi connectivity index (χ3n) is 14.8. The van der Waals surface area contributed by atoms with Crippen molar-refractivity contribution < 1.29 is 43.8 Å². The molecule has 0 bridgehead atoms. The molecule has 1 heterocycles. The molecule has 15 nitrogen and oxygen atoms in total. The van der Waals surface area contributed by atoms with Gasteiger partial charge in [0.1, 0.15) is 24.1 Å². The fourth-order valence-electron chi connectivity index (χ4n) is 11.3. The topological polar surface area (TPSA) is 206 Å². The van der Waals surface area contributed by atoms with Gasteiger partial charge in [-0.25, -0.2) is 4.79 Å². The predicted octanol–water partition coefficient (Wildman–Crippen LogP) is 11.1. The number of non-ortho nitro benzene ring substituents is 1. The number of fused-ring (bicyclic) bond motifs is 3. The second-order valence-electron chi connectivity index (χ2n) is 19.5. The summed E-state index contributed by atoms with van der Waals surface area (Å²) in [4.78, 5) is 48.4. The number of nitrogens with zero attached hydrogens (tertiary/aromatic N) is 4. The van der Waals surface area contributed by atoms with Gasteiger partial charge in [0.25, 0.3) is 11.6 Å². The molecule has 3 N–H and O–H groups in total. The van der Waals surface area contributed by atoms with E-state index >= 15 is 4.79 Å². The highest BCUT2D eigenvalue weighted by Gasteiger charge is 2.65. The van der Waals surface area contributed by atoms with Gasteiger partial charge in [0, 0.05) is 61.9 Å². The third kappa shape index (κ3) is 11.5. The van der Waals surface area contributed by atoms with Gasteiger partial charge in [-0.1, -0.05) is 103 Å². The first-order chi connectivity index (χ1) is 37.1. The highest BCUT2D eigenvalue weighted by molar-refractivity contribution is 6.03. The van der Waals surface area contributed by atoms with Crippen LogP contribution in [0.25, 0.3) is 10.8 Å². The maximum atomic E-state index is 15.8. The minimum Gasteiger partial charge on any atom is -0.459 e. The smallest absolute Gasteiger partial charge is 0.412 e. The van der Waals surface area contributed by atoms with Crippen LogP contribution in [-0.4, -0.2) is 69.4 Å². The van der Waals surface area contributed by atoms with Gasteiger partial charge >= 0.3 is 6.09 Å². The zero-order valence-electron chi connectivity index (χ0n) is 42.2. The zero-order valence-corrected chi connectivity index (χ0v) is 42.2. The molecule has 0 spiro atoms. The number of carbonyl (C=O) groups excluding carboxylic acids is 2. The third-order valence-corrected chi connectivity index (χ3v) is 14.8. The lowest BCUT2D eigenvalue weighted by molar-refractivity contribution is -0.384. The van der Waals surface area contributed by atoms with Crippen molar-refractivity contribution in [2.45, 2.75) is 82.4 Å². The van der Waals surface area contributed by atoms with Crippen LogP contribution in [0, 0.1) is 39.2 Å². The first kappa shape index (κ1) is 52.7. The lowest BCUT2D eigenvalue weighted by atomic mass is 9.55. The van der Waals surface area contributed by atoms with Crippen LogP contribution in [-0.2, 0) is 29.3 Å². The minimum atomic E-state index is -1.64. The van der Waals surface area contributed by atoms with E-state index in [-0.39, 0.29) is 75.1 Å². The summed E-state index contributed by atoms with van der Waals surface area (Å²) in [5.41, 5.74) is 5.17. The maximum Gasteiger partial charge on any atom is 0.412 e. The Morgan fingerprint density at radius 1 is 0.895 bits per heavy atom. The fourth-order valence-corrected chi connectivity index (χ4v) is 11.3. The Balaban J connectivity index is 1.24. The number of amides is 2. The van der Waals surface area contributed by atoms with Gasteiger partial charge in [-0.15, -0.1) is 6.58 Å². The molecule has 1 aliphatic heterocycles. The molecule has 1 fully saturated rings. The van der Waals surface area contributed by atoms with Crippen LogP contribution in [0.15, 0.2) is 169 Å².